The zero-order chi connectivity index (χ0) is 41.6. The highest BCUT2D eigenvalue weighted by atomic mass is 35.5. The molecule has 4 aromatic heterocycles. The van der Waals surface area contributed by atoms with Gasteiger partial charge in [0.1, 0.15) is 5.69 Å². The number of pyridine rings is 2. The smallest absolute Gasteiger partial charge is 0.423 e. The lowest BCUT2D eigenvalue weighted by atomic mass is 9.80. The molecule has 2 atom stereocenters. The van der Waals surface area contributed by atoms with E-state index in [1.165, 1.54) is 12.1 Å². The van der Waals surface area contributed by atoms with Crippen LogP contribution < -0.4 is 25.9 Å². The molecule has 0 saturated carbocycles. The Bertz CT molecular complexity index is 2310. The van der Waals surface area contributed by atoms with Gasteiger partial charge in [-0.05, 0) is 43.6 Å². The molecule has 6 aromatic rings. The van der Waals surface area contributed by atoms with E-state index in [0.29, 0.717) is 28.5 Å². The number of halogens is 7. The predicted molar refractivity (Wildman–Crippen MR) is 211 cm³/mol. The predicted octanol–water partition coefficient (Wildman–Crippen LogP) is 5.37. The number of hydrogen-bond acceptors (Lipinski definition) is 12. The van der Waals surface area contributed by atoms with Crippen molar-refractivity contribution in [2.24, 2.45) is 0 Å². The molecule has 2 saturated heterocycles. The molecule has 2 fully saturated rings. The Balaban J connectivity index is 0.000000158. The SMILES string of the molecule is C[C@H]1CN(c2nnc(-c3ccc(C(F)(F)F)cc3)c3ccncc23)CCN1.C[C@H]1CN(c2nnc(Cl)c3ccncc23)CCN1.OB(O)c1ccc(C(F)(F)F)cc1. The zero-order valence-electron chi connectivity index (χ0n) is 31.2. The van der Waals surface area contributed by atoms with Crippen LogP contribution in [0.3, 0.4) is 0 Å². The Morgan fingerprint density at radius 1 is 0.638 bits per heavy atom. The molecule has 4 N–H and O–H groups in total. The minimum absolute atomic E-state index is 0.0352. The first-order valence-electron chi connectivity index (χ1n) is 18.1. The van der Waals surface area contributed by atoms with Crippen molar-refractivity contribution in [1.29, 1.82) is 0 Å². The average molecular weight is 827 g/mol. The number of piperazine rings is 2. The van der Waals surface area contributed by atoms with E-state index in [0.717, 1.165) is 109 Å². The topological polar surface area (TPSA) is 148 Å². The van der Waals surface area contributed by atoms with Gasteiger partial charge in [-0.3, -0.25) is 9.97 Å². The molecule has 0 radical (unpaired) electrons. The summed E-state index contributed by atoms with van der Waals surface area (Å²) >= 11 is 6.06. The molecule has 2 aromatic carbocycles. The van der Waals surface area contributed by atoms with Crippen LogP contribution in [0.4, 0.5) is 38.0 Å². The molecular formula is C38H38BClF6N10O2. The van der Waals surface area contributed by atoms with E-state index in [1.54, 1.807) is 24.8 Å². The number of nitrogens with one attached hydrogen (secondary N) is 2. The van der Waals surface area contributed by atoms with Crippen molar-refractivity contribution in [3.05, 3.63) is 102 Å². The zero-order valence-corrected chi connectivity index (χ0v) is 31.9. The second-order valence-corrected chi connectivity index (χ2v) is 14.1. The fraction of sp³-hybridized carbons (Fsp3) is 0.316. The van der Waals surface area contributed by atoms with Gasteiger partial charge in [0.2, 0.25) is 0 Å². The van der Waals surface area contributed by atoms with E-state index in [-0.39, 0.29) is 5.46 Å². The Kier molecular flexibility index (Phi) is 13.3. The maximum atomic E-state index is 12.8. The third-order valence-corrected chi connectivity index (χ3v) is 9.72. The second-order valence-electron chi connectivity index (χ2n) is 13.7. The quantitative estimate of drug-likeness (QED) is 0.134. The summed E-state index contributed by atoms with van der Waals surface area (Å²) in [4.78, 5) is 12.8. The molecule has 0 unspecified atom stereocenters. The van der Waals surface area contributed by atoms with Crippen molar-refractivity contribution in [3.63, 3.8) is 0 Å². The molecule has 8 rings (SSSR count). The molecule has 304 valence electrons. The van der Waals surface area contributed by atoms with Crippen LogP contribution in [0.1, 0.15) is 25.0 Å². The van der Waals surface area contributed by atoms with Gasteiger partial charge in [-0.15, -0.1) is 20.4 Å². The second kappa shape index (κ2) is 18.2. The third-order valence-electron chi connectivity index (χ3n) is 9.44. The first-order chi connectivity index (χ1) is 27.6. The summed E-state index contributed by atoms with van der Waals surface area (Å²) in [7, 11) is -1.73. The van der Waals surface area contributed by atoms with Crippen molar-refractivity contribution in [2.45, 2.75) is 38.3 Å². The summed E-state index contributed by atoms with van der Waals surface area (Å²) in [5.41, 5.74) is -0.318. The van der Waals surface area contributed by atoms with Gasteiger partial charge in [-0.25, -0.2) is 0 Å². The average Bonchev–Trinajstić information content (AvgIpc) is 3.21. The maximum Gasteiger partial charge on any atom is 0.488 e. The van der Waals surface area contributed by atoms with Gasteiger partial charge in [-0.2, -0.15) is 26.3 Å². The minimum Gasteiger partial charge on any atom is -0.423 e. The van der Waals surface area contributed by atoms with E-state index >= 15 is 0 Å². The van der Waals surface area contributed by atoms with Crippen LogP contribution in [0.5, 0.6) is 0 Å². The Morgan fingerprint density at radius 3 is 1.59 bits per heavy atom. The first kappa shape index (κ1) is 42.4. The van der Waals surface area contributed by atoms with Gasteiger partial charge in [0, 0.05) is 103 Å². The van der Waals surface area contributed by atoms with E-state index < -0.39 is 30.6 Å². The van der Waals surface area contributed by atoms with Crippen molar-refractivity contribution in [3.8, 4) is 11.3 Å². The number of aromatic nitrogens is 6. The minimum atomic E-state index is -4.39. The lowest BCUT2D eigenvalue weighted by Gasteiger charge is -2.33. The fourth-order valence-corrected chi connectivity index (χ4v) is 6.73. The molecule has 20 heteroatoms. The summed E-state index contributed by atoms with van der Waals surface area (Å²) < 4.78 is 74.4. The van der Waals surface area contributed by atoms with Gasteiger partial charge in [-0.1, -0.05) is 48.0 Å². The summed E-state index contributed by atoms with van der Waals surface area (Å²) in [5, 5.41) is 45.0. The lowest BCUT2D eigenvalue weighted by Crippen LogP contribution is -2.49. The Morgan fingerprint density at radius 2 is 1.10 bits per heavy atom. The highest BCUT2D eigenvalue weighted by Gasteiger charge is 2.31. The van der Waals surface area contributed by atoms with Gasteiger partial charge in [0.25, 0.3) is 0 Å². The largest absolute Gasteiger partial charge is 0.488 e. The fourth-order valence-electron chi connectivity index (χ4n) is 6.53. The number of nitrogens with zero attached hydrogens (tertiary/aromatic N) is 8. The first-order valence-corrected chi connectivity index (χ1v) is 18.5. The van der Waals surface area contributed by atoms with Crippen LogP contribution in [0, 0.1) is 0 Å². The van der Waals surface area contributed by atoms with E-state index in [4.69, 9.17) is 21.6 Å². The van der Waals surface area contributed by atoms with Crippen molar-refractivity contribution in [1.82, 2.24) is 41.0 Å². The Labute approximate surface area is 334 Å². The number of alkyl halides is 6. The Hall–Kier alpha value is -5.21. The van der Waals surface area contributed by atoms with Crippen LogP contribution in [0.25, 0.3) is 32.8 Å². The highest BCUT2D eigenvalue weighted by molar-refractivity contribution is 6.58. The summed E-state index contributed by atoms with van der Waals surface area (Å²) in [6.45, 7) is 9.52. The maximum absolute atomic E-state index is 12.8. The van der Waals surface area contributed by atoms with Crippen LogP contribution in [0.2, 0.25) is 5.15 Å². The number of rotatable bonds is 4. The summed E-state index contributed by atoms with van der Waals surface area (Å²) in [6.07, 6.45) is -1.84. The molecule has 0 aliphatic carbocycles. The molecule has 58 heavy (non-hydrogen) atoms. The van der Waals surface area contributed by atoms with E-state index in [2.05, 4.69) is 64.6 Å². The van der Waals surface area contributed by atoms with Crippen molar-refractivity contribution >= 4 is 57.4 Å². The van der Waals surface area contributed by atoms with Crippen LogP contribution in [-0.2, 0) is 12.4 Å². The number of fused-ring (bicyclic) bond motifs is 2. The van der Waals surface area contributed by atoms with Crippen molar-refractivity contribution < 1.29 is 36.4 Å². The molecule has 0 spiro atoms. The van der Waals surface area contributed by atoms with E-state index in [9.17, 15) is 26.3 Å². The number of benzene rings is 2. The number of anilines is 2. The van der Waals surface area contributed by atoms with Crippen molar-refractivity contribution in [2.75, 3.05) is 49.1 Å². The molecule has 6 heterocycles. The van der Waals surface area contributed by atoms with Gasteiger partial charge >= 0.3 is 19.5 Å². The molecular weight excluding hydrogens is 789 g/mol. The summed E-state index contributed by atoms with van der Waals surface area (Å²) in [5.74, 6) is 1.62. The third kappa shape index (κ3) is 10.3. The van der Waals surface area contributed by atoms with Crippen LogP contribution in [-0.4, -0.2) is 98.9 Å². The summed E-state index contributed by atoms with van der Waals surface area (Å²) in [6, 6.07) is 13.1. The van der Waals surface area contributed by atoms with Gasteiger partial charge in [0.15, 0.2) is 16.8 Å². The van der Waals surface area contributed by atoms with Gasteiger partial charge in [0.05, 0.1) is 11.1 Å². The lowest BCUT2D eigenvalue weighted by molar-refractivity contribution is -0.138. The van der Waals surface area contributed by atoms with Crippen LogP contribution in [0.15, 0.2) is 85.5 Å². The molecule has 12 nitrogen and oxygen atoms in total. The molecule has 2 aliphatic heterocycles. The normalized spacial score (nSPS) is 17.3. The molecule has 2 aliphatic rings. The standard InChI is InChI=1S/C19H18F3N5.C12H14ClN5.C7H6BF3O2/c1-12-11-27(9-8-24-12)18-16-10-23-7-6-15(16)17(25-26-18)13-2-4-14(5-3-13)19(20,21)22;1-8-7-18(5-4-15-8)12-10-6-14-3-2-9(10)11(13)16-17-12;9-7(10,11)5-1-3-6(4-2-5)8(12)13/h2-7,10,12,24H,8-9,11H2,1H3;2-3,6,8,15H,4-5,7H2,1H3;1-4,12-13H/t12-;8-;/m00./s1. The van der Waals surface area contributed by atoms with Crippen LogP contribution >= 0.6 is 11.6 Å². The van der Waals surface area contributed by atoms with Gasteiger partial charge < -0.3 is 30.5 Å². The highest BCUT2D eigenvalue weighted by Crippen LogP contribution is 2.34. The van der Waals surface area contributed by atoms with E-state index in [1.807, 2.05) is 12.1 Å². The number of hydrogen-bond donors (Lipinski definition) is 4. The molecule has 0 bridgehead atoms. The monoisotopic (exact) mass is 826 g/mol. The molecule has 0 amide bonds.